The van der Waals surface area contributed by atoms with Crippen LogP contribution < -0.4 is 0 Å². The second-order valence-electron chi connectivity index (χ2n) is 3.52. The third kappa shape index (κ3) is 2.08. The van der Waals surface area contributed by atoms with Crippen LogP contribution in [0.3, 0.4) is 0 Å². The predicted molar refractivity (Wildman–Crippen MR) is 60.8 cm³/mol. The summed E-state index contributed by atoms with van der Waals surface area (Å²) in [6.07, 6.45) is 1.49. The topological polar surface area (TPSA) is 73.3 Å². The van der Waals surface area contributed by atoms with Gasteiger partial charge in [0.05, 0.1) is 11.2 Å². The Labute approximate surface area is 96.8 Å². The van der Waals surface area contributed by atoms with Crippen molar-refractivity contribution in [3.63, 3.8) is 0 Å². The third-order valence-electron chi connectivity index (χ3n) is 2.38. The minimum atomic E-state index is -0.529. The molecule has 0 bridgehead atoms. The Morgan fingerprint density at radius 2 is 2.12 bits per heavy atom. The molecule has 2 rings (SSSR count). The zero-order chi connectivity index (χ0) is 12.4. The summed E-state index contributed by atoms with van der Waals surface area (Å²) in [7, 11) is 0. The van der Waals surface area contributed by atoms with E-state index in [1.54, 1.807) is 12.1 Å². The second-order valence-corrected chi connectivity index (χ2v) is 3.52. The fraction of sp³-hybridized carbons (Fsp3) is 0.0833. The van der Waals surface area contributed by atoms with Gasteiger partial charge in [0.1, 0.15) is 5.76 Å². The highest BCUT2D eigenvalue weighted by Crippen LogP contribution is 2.28. The minimum Gasteiger partial charge on any atom is -0.464 e. The first kappa shape index (κ1) is 11.1. The van der Waals surface area contributed by atoms with Crippen LogP contribution in [0.15, 0.2) is 41.0 Å². The van der Waals surface area contributed by atoms with Crippen LogP contribution in [0.2, 0.25) is 0 Å². The van der Waals surface area contributed by atoms with Crippen molar-refractivity contribution in [3.05, 3.63) is 52.3 Å². The largest absolute Gasteiger partial charge is 0.464 e. The van der Waals surface area contributed by atoms with E-state index < -0.39 is 4.92 Å². The molecule has 5 nitrogen and oxygen atoms in total. The number of hydrogen-bond donors (Lipinski definition) is 0. The van der Waals surface area contributed by atoms with Crippen LogP contribution in [0, 0.1) is 10.1 Å². The first-order chi connectivity index (χ1) is 8.09. The lowest BCUT2D eigenvalue weighted by Crippen LogP contribution is -1.98. The summed E-state index contributed by atoms with van der Waals surface area (Å²) in [4.78, 5) is 21.6. The van der Waals surface area contributed by atoms with Crippen molar-refractivity contribution in [2.75, 3.05) is 0 Å². The van der Waals surface area contributed by atoms with Gasteiger partial charge in [0.25, 0.3) is 5.69 Å². The lowest BCUT2D eigenvalue weighted by molar-refractivity contribution is -0.384. The molecule has 0 radical (unpaired) electrons. The van der Waals surface area contributed by atoms with Gasteiger partial charge < -0.3 is 4.42 Å². The maximum absolute atomic E-state index is 11.5. The van der Waals surface area contributed by atoms with Crippen LogP contribution in [-0.2, 0) is 0 Å². The first-order valence-corrected chi connectivity index (χ1v) is 4.93. The van der Waals surface area contributed by atoms with Crippen LogP contribution >= 0.6 is 0 Å². The molecule has 1 aromatic heterocycles. The highest BCUT2D eigenvalue weighted by atomic mass is 16.6. The van der Waals surface area contributed by atoms with Crippen molar-refractivity contribution in [1.82, 2.24) is 0 Å². The summed E-state index contributed by atoms with van der Waals surface area (Å²) in [6.45, 7) is 1.37. The van der Waals surface area contributed by atoms with Crippen molar-refractivity contribution in [2.24, 2.45) is 0 Å². The molecular formula is C12H9NO4. The monoisotopic (exact) mass is 231 g/mol. The van der Waals surface area contributed by atoms with E-state index >= 15 is 0 Å². The standard InChI is InChI=1S/C12H9NO4/c1-8(14)11-7-9(13(15)16)4-5-10(11)12-3-2-6-17-12/h2-7H,1H3. The van der Waals surface area contributed by atoms with Crippen molar-refractivity contribution in [1.29, 1.82) is 0 Å². The first-order valence-electron chi connectivity index (χ1n) is 4.93. The van der Waals surface area contributed by atoms with Gasteiger partial charge in [-0.3, -0.25) is 14.9 Å². The van der Waals surface area contributed by atoms with E-state index in [4.69, 9.17) is 4.42 Å². The summed E-state index contributed by atoms with van der Waals surface area (Å²) in [5, 5.41) is 10.6. The number of benzene rings is 1. The number of nitrogens with zero attached hydrogens (tertiary/aromatic N) is 1. The number of nitro groups is 1. The molecule has 5 heteroatoms. The highest BCUT2D eigenvalue weighted by Gasteiger charge is 2.16. The van der Waals surface area contributed by atoms with Gasteiger partial charge in [-0.25, -0.2) is 0 Å². The number of Topliss-reactive ketones (excluding diaryl/α,β-unsaturated/α-hetero) is 1. The maximum Gasteiger partial charge on any atom is 0.270 e. The van der Waals surface area contributed by atoms with E-state index in [1.807, 2.05) is 0 Å². The number of hydrogen-bond acceptors (Lipinski definition) is 4. The van der Waals surface area contributed by atoms with E-state index in [-0.39, 0.29) is 17.0 Å². The Kier molecular flexibility index (Phi) is 2.74. The molecule has 1 heterocycles. The molecule has 0 amide bonds. The fourth-order valence-corrected chi connectivity index (χ4v) is 1.58. The van der Waals surface area contributed by atoms with Gasteiger partial charge in [-0.05, 0) is 25.1 Å². The summed E-state index contributed by atoms with van der Waals surface area (Å²) < 4.78 is 5.19. The van der Waals surface area contributed by atoms with Crippen molar-refractivity contribution < 1.29 is 14.1 Å². The predicted octanol–water partition coefficient (Wildman–Crippen LogP) is 3.06. The van der Waals surface area contributed by atoms with Crippen molar-refractivity contribution in [2.45, 2.75) is 6.92 Å². The summed E-state index contributed by atoms with van der Waals surface area (Å²) in [6, 6.07) is 7.53. The summed E-state index contributed by atoms with van der Waals surface area (Å²) in [5.74, 6) is 0.283. The number of rotatable bonds is 3. The molecule has 0 fully saturated rings. The number of carbonyl (C=O) groups is 1. The maximum atomic E-state index is 11.5. The molecule has 0 aliphatic carbocycles. The minimum absolute atomic E-state index is 0.106. The Hall–Kier alpha value is -2.43. The van der Waals surface area contributed by atoms with Gasteiger partial charge in [-0.15, -0.1) is 0 Å². The van der Waals surface area contributed by atoms with E-state index in [9.17, 15) is 14.9 Å². The molecule has 0 saturated carbocycles. The zero-order valence-corrected chi connectivity index (χ0v) is 9.04. The van der Waals surface area contributed by atoms with E-state index in [1.165, 1.54) is 31.4 Å². The van der Waals surface area contributed by atoms with Crippen LogP contribution in [0.25, 0.3) is 11.3 Å². The number of nitro benzene ring substituents is 1. The van der Waals surface area contributed by atoms with Gasteiger partial charge in [0.2, 0.25) is 0 Å². The smallest absolute Gasteiger partial charge is 0.270 e. The van der Waals surface area contributed by atoms with Gasteiger partial charge >= 0.3 is 0 Å². The lowest BCUT2D eigenvalue weighted by Gasteiger charge is -2.03. The number of carbonyl (C=O) groups excluding carboxylic acids is 1. The number of non-ortho nitro benzene ring substituents is 1. The molecule has 86 valence electrons. The molecule has 0 atom stereocenters. The average Bonchev–Trinajstić information content (AvgIpc) is 2.81. The van der Waals surface area contributed by atoms with Crippen molar-refractivity contribution >= 4 is 11.5 Å². The Bertz CT molecular complexity index is 572. The van der Waals surface area contributed by atoms with E-state index in [0.29, 0.717) is 11.3 Å². The second kappa shape index (κ2) is 4.21. The fourth-order valence-electron chi connectivity index (χ4n) is 1.58. The molecule has 0 aliphatic rings. The van der Waals surface area contributed by atoms with E-state index in [2.05, 4.69) is 0 Å². The molecule has 1 aromatic carbocycles. The number of ketones is 1. The van der Waals surface area contributed by atoms with Crippen LogP contribution in [0.4, 0.5) is 5.69 Å². The van der Waals surface area contributed by atoms with Gasteiger partial charge in [-0.1, -0.05) is 0 Å². The number of furan rings is 1. The van der Waals surface area contributed by atoms with Crippen LogP contribution in [-0.4, -0.2) is 10.7 Å². The molecule has 0 unspecified atom stereocenters. The SMILES string of the molecule is CC(=O)c1cc([N+](=O)[O-])ccc1-c1ccco1. The summed E-state index contributed by atoms with van der Waals surface area (Å²) >= 11 is 0. The molecule has 0 saturated heterocycles. The normalized spacial score (nSPS) is 10.2. The molecule has 2 aromatic rings. The van der Waals surface area contributed by atoms with Gasteiger partial charge in [-0.2, -0.15) is 0 Å². The molecule has 0 N–H and O–H groups in total. The van der Waals surface area contributed by atoms with E-state index in [0.717, 1.165) is 0 Å². The molecule has 0 spiro atoms. The van der Waals surface area contributed by atoms with Crippen LogP contribution in [0.1, 0.15) is 17.3 Å². The molecular weight excluding hydrogens is 222 g/mol. The van der Waals surface area contributed by atoms with Gasteiger partial charge in [0, 0.05) is 23.3 Å². The third-order valence-corrected chi connectivity index (χ3v) is 2.38. The highest BCUT2D eigenvalue weighted by molar-refractivity contribution is 6.00. The van der Waals surface area contributed by atoms with Crippen molar-refractivity contribution in [3.8, 4) is 11.3 Å². The molecule has 17 heavy (non-hydrogen) atoms. The average molecular weight is 231 g/mol. The lowest BCUT2D eigenvalue weighted by atomic mass is 10.0. The Morgan fingerprint density at radius 3 is 2.65 bits per heavy atom. The molecule has 0 aliphatic heterocycles. The summed E-state index contributed by atoms with van der Waals surface area (Å²) in [5.41, 5.74) is 0.743. The quantitative estimate of drug-likeness (QED) is 0.462. The van der Waals surface area contributed by atoms with Gasteiger partial charge in [0.15, 0.2) is 5.78 Å². The Balaban J connectivity index is 2.61. The Morgan fingerprint density at radius 1 is 1.35 bits per heavy atom. The zero-order valence-electron chi connectivity index (χ0n) is 9.04. The van der Waals surface area contributed by atoms with Crippen LogP contribution in [0.5, 0.6) is 0 Å².